The maximum atomic E-state index is 6.04. The molecule has 0 radical (unpaired) electrons. The van der Waals surface area contributed by atoms with E-state index in [0.29, 0.717) is 10.0 Å². The Labute approximate surface area is 127 Å². The first-order valence-electron chi connectivity index (χ1n) is 5.70. The number of halogens is 3. The van der Waals surface area contributed by atoms with Gasteiger partial charge in [0, 0.05) is 5.02 Å². The van der Waals surface area contributed by atoms with Crippen molar-refractivity contribution in [1.29, 1.82) is 0 Å². The van der Waals surface area contributed by atoms with Crippen LogP contribution in [-0.4, -0.2) is 0 Å². The van der Waals surface area contributed by atoms with Crippen molar-refractivity contribution in [2.75, 3.05) is 0 Å². The Bertz CT molecular complexity index is 548. The van der Waals surface area contributed by atoms with Gasteiger partial charge in [-0.2, -0.15) is 0 Å². The molecule has 0 aliphatic carbocycles. The normalized spacial score (nSPS) is 12.5. The van der Waals surface area contributed by atoms with Gasteiger partial charge in [0.1, 0.15) is 0 Å². The fourth-order valence-corrected chi connectivity index (χ4v) is 2.35. The summed E-state index contributed by atoms with van der Waals surface area (Å²) in [5, 5.41) is 1.76. The maximum absolute atomic E-state index is 6.04. The van der Waals surface area contributed by atoms with E-state index in [2.05, 4.69) is 5.43 Å². The maximum Gasteiger partial charge on any atom is 0.0710 e. The van der Waals surface area contributed by atoms with Crippen LogP contribution < -0.4 is 11.3 Å². The van der Waals surface area contributed by atoms with Gasteiger partial charge in [0.25, 0.3) is 0 Å². The van der Waals surface area contributed by atoms with Crippen LogP contribution in [0.2, 0.25) is 15.1 Å². The summed E-state index contributed by atoms with van der Waals surface area (Å²) in [4.78, 5) is 0. The summed E-state index contributed by atoms with van der Waals surface area (Å²) in [5.74, 6) is 5.65. The smallest absolute Gasteiger partial charge is 0.0710 e. The largest absolute Gasteiger partial charge is 0.271 e. The second kappa shape index (κ2) is 6.12. The Balaban J connectivity index is 2.43. The molecule has 2 aromatic carbocycles. The summed E-state index contributed by atoms with van der Waals surface area (Å²) in [7, 11) is 0. The van der Waals surface area contributed by atoms with Gasteiger partial charge in [0.2, 0.25) is 0 Å². The molecule has 100 valence electrons. The second-order valence-corrected chi connectivity index (χ2v) is 5.50. The van der Waals surface area contributed by atoms with E-state index in [1.807, 2.05) is 31.2 Å². The molecular formula is C14H13Cl3N2. The lowest BCUT2D eigenvalue weighted by Gasteiger charge is -2.18. The predicted molar refractivity (Wildman–Crippen MR) is 81.8 cm³/mol. The lowest BCUT2D eigenvalue weighted by atomic mass is 9.98. The fraction of sp³-hybridized carbons (Fsp3) is 0.143. The zero-order valence-electron chi connectivity index (χ0n) is 10.3. The molecule has 0 aromatic heterocycles. The highest BCUT2D eigenvalue weighted by Gasteiger charge is 2.14. The van der Waals surface area contributed by atoms with Crippen molar-refractivity contribution in [3.8, 4) is 0 Å². The third-order valence-corrected chi connectivity index (χ3v) is 4.12. The molecule has 2 rings (SSSR count). The average Bonchev–Trinajstić information content (AvgIpc) is 2.39. The number of aryl methyl sites for hydroxylation is 1. The third kappa shape index (κ3) is 3.22. The van der Waals surface area contributed by atoms with Gasteiger partial charge in [-0.3, -0.25) is 5.84 Å². The zero-order valence-corrected chi connectivity index (χ0v) is 12.5. The molecule has 19 heavy (non-hydrogen) atoms. The van der Waals surface area contributed by atoms with Crippen molar-refractivity contribution in [3.63, 3.8) is 0 Å². The first-order chi connectivity index (χ1) is 9.02. The van der Waals surface area contributed by atoms with E-state index in [4.69, 9.17) is 40.6 Å². The number of hydrogen-bond donors (Lipinski definition) is 2. The van der Waals surface area contributed by atoms with Gasteiger partial charge in [-0.25, -0.2) is 5.43 Å². The Morgan fingerprint density at radius 2 is 1.47 bits per heavy atom. The number of nitrogens with one attached hydrogen (secondary N) is 1. The van der Waals surface area contributed by atoms with Crippen molar-refractivity contribution >= 4 is 34.8 Å². The van der Waals surface area contributed by atoms with Gasteiger partial charge in [0.05, 0.1) is 16.1 Å². The van der Waals surface area contributed by atoms with Crippen LogP contribution in [0, 0.1) is 6.92 Å². The van der Waals surface area contributed by atoms with Crippen molar-refractivity contribution < 1.29 is 0 Å². The van der Waals surface area contributed by atoms with Gasteiger partial charge in [0.15, 0.2) is 0 Å². The Hall–Kier alpha value is -0.770. The highest BCUT2D eigenvalue weighted by molar-refractivity contribution is 6.42. The van der Waals surface area contributed by atoms with Crippen LogP contribution in [0.15, 0.2) is 36.4 Å². The monoisotopic (exact) mass is 314 g/mol. The molecule has 5 heteroatoms. The number of benzene rings is 2. The van der Waals surface area contributed by atoms with Crippen LogP contribution in [0.25, 0.3) is 0 Å². The molecule has 0 fully saturated rings. The number of rotatable bonds is 3. The molecule has 0 amide bonds. The van der Waals surface area contributed by atoms with Crippen molar-refractivity contribution in [1.82, 2.24) is 5.43 Å². The van der Waals surface area contributed by atoms with Crippen LogP contribution in [0.3, 0.4) is 0 Å². The predicted octanol–water partition coefficient (Wildman–Crippen LogP) is 4.51. The molecule has 0 saturated heterocycles. The van der Waals surface area contributed by atoms with Crippen molar-refractivity contribution in [2.45, 2.75) is 13.0 Å². The van der Waals surface area contributed by atoms with Gasteiger partial charge in [-0.05, 0) is 41.8 Å². The third-order valence-electron chi connectivity index (χ3n) is 2.96. The molecule has 0 spiro atoms. The summed E-state index contributed by atoms with van der Waals surface area (Å²) >= 11 is 18.0. The number of hydrogen-bond acceptors (Lipinski definition) is 2. The molecule has 1 atom stereocenters. The highest BCUT2D eigenvalue weighted by atomic mass is 35.5. The zero-order chi connectivity index (χ0) is 14.0. The van der Waals surface area contributed by atoms with E-state index in [-0.39, 0.29) is 6.04 Å². The molecule has 0 aliphatic heterocycles. The second-order valence-electron chi connectivity index (χ2n) is 4.28. The Morgan fingerprint density at radius 1 is 0.895 bits per heavy atom. The summed E-state index contributed by atoms with van der Waals surface area (Å²) in [6.45, 7) is 1.95. The van der Waals surface area contributed by atoms with Gasteiger partial charge >= 0.3 is 0 Å². The molecule has 3 N–H and O–H groups in total. The lowest BCUT2D eigenvalue weighted by Crippen LogP contribution is -2.28. The van der Waals surface area contributed by atoms with Gasteiger partial charge in [-0.1, -0.05) is 53.0 Å². The van der Waals surface area contributed by atoms with E-state index < -0.39 is 0 Å². The first-order valence-corrected chi connectivity index (χ1v) is 6.83. The summed E-state index contributed by atoms with van der Waals surface area (Å²) < 4.78 is 0. The minimum atomic E-state index is -0.161. The SMILES string of the molecule is Cc1cc(C(NN)c2ccc(Cl)c(Cl)c2)ccc1Cl. The Kier molecular flexibility index (Phi) is 4.71. The fourth-order valence-electron chi connectivity index (χ4n) is 1.92. The minimum Gasteiger partial charge on any atom is -0.271 e. The highest BCUT2D eigenvalue weighted by Crippen LogP contribution is 2.29. The molecule has 2 nitrogen and oxygen atoms in total. The van der Waals surface area contributed by atoms with Crippen LogP contribution in [0.4, 0.5) is 0 Å². The topological polar surface area (TPSA) is 38.0 Å². The number of hydrazine groups is 1. The quantitative estimate of drug-likeness (QED) is 0.646. The molecular weight excluding hydrogens is 303 g/mol. The van der Waals surface area contributed by atoms with Gasteiger partial charge in [-0.15, -0.1) is 0 Å². The van der Waals surface area contributed by atoms with E-state index in [9.17, 15) is 0 Å². The van der Waals surface area contributed by atoms with E-state index in [1.165, 1.54) is 0 Å². The van der Waals surface area contributed by atoms with E-state index in [1.54, 1.807) is 12.1 Å². The molecule has 0 saturated carbocycles. The molecule has 2 aromatic rings. The number of nitrogens with two attached hydrogens (primary N) is 1. The summed E-state index contributed by atoms with van der Waals surface area (Å²) in [6.07, 6.45) is 0. The van der Waals surface area contributed by atoms with Crippen LogP contribution in [0.5, 0.6) is 0 Å². The lowest BCUT2D eigenvalue weighted by molar-refractivity contribution is 0.636. The molecule has 1 unspecified atom stereocenters. The molecule has 0 heterocycles. The molecule has 0 bridgehead atoms. The average molecular weight is 316 g/mol. The van der Waals surface area contributed by atoms with E-state index in [0.717, 1.165) is 21.7 Å². The van der Waals surface area contributed by atoms with E-state index >= 15 is 0 Å². The van der Waals surface area contributed by atoms with Crippen LogP contribution >= 0.6 is 34.8 Å². The Morgan fingerprint density at radius 3 is 2.00 bits per heavy atom. The minimum absolute atomic E-state index is 0.161. The van der Waals surface area contributed by atoms with Crippen LogP contribution in [-0.2, 0) is 0 Å². The molecule has 0 aliphatic rings. The van der Waals surface area contributed by atoms with Crippen molar-refractivity contribution in [3.05, 3.63) is 68.2 Å². The van der Waals surface area contributed by atoms with Crippen molar-refractivity contribution in [2.24, 2.45) is 5.84 Å². The standard InChI is InChI=1S/C14H13Cl3N2/c1-8-6-9(2-4-11(8)15)14(19-18)10-3-5-12(16)13(17)7-10/h2-7,14,19H,18H2,1H3. The summed E-state index contributed by atoms with van der Waals surface area (Å²) in [5.41, 5.74) is 5.74. The summed E-state index contributed by atoms with van der Waals surface area (Å²) in [6, 6.07) is 11.1. The van der Waals surface area contributed by atoms with Gasteiger partial charge < -0.3 is 0 Å². The van der Waals surface area contributed by atoms with Crippen LogP contribution in [0.1, 0.15) is 22.7 Å². The first kappa shape index (κ1) is 14.6.